The van der Waals surface area contributed by atoms with Crippen LogP contribution in [0.25, 0.3) is 0 Å². The summed E-state index contributed by atoms with van der Waals surface area (Å²) in [5.74, 6) is 1.85. The molecule has 1 saturated heterocycles. The van der Waals surface area contributed by atoms with Crippen LogP contribution in [0, 0.1) is 0 Å². The van der Waals surface area contributed by atoms with Gasteiger partial charge in [0, 0.05) is 23.0 Å². The van der Waals surface area contributed by atoms with Gasteiger partial charge in [0.1, 0.15) is 6.10 Å². The van der Waals surface area contributed by atoms with Crippen LogP contribution in [0.15, 0.2) is 33.7 Å². The van der Waals surface area contributed by atoms with Crippen molar-refractivity contribution in [1.29, 1.82) is 0 Å². The maximum absolute atomic E-state index is 5.95. The second-order valence-corrected chi connectivity index (χ2v) is 5.84. The minimum absolute atomic E-state index is 0.138. The predicted molar refractivity (Wildman–Crippen MR) is 76.9 cm³/mol. The van der Waals surface area contributed by atoms with Crippen molar-refractivity contribution in [2.24, 2.45) is 0 Å². The molecule has 1 aromatic heterocycles. The molecule has 0 aliphatic carbocycles. The first kappa shape index (κ1) is 13.9. The van der Waals surface area contributed by atoms with Crippen LogP contribution in [-0.2, 0) is 10.5 Å². The van der Waals surface area contributed by atoms with Crippen molar-refractivity contribution in [2.45, 2.75) is 16.8 Å². The molecule has 20 heavy (non-hydrogen) atoms. The fraction of sp³-hybridized carbons (Fsp3) is 0.385. The van der Waals surface area contributed by atoms with Crippen LogP contribution >= 0.6 is 23.4 Å². The van der Waals surface area contributed by atoms with E-state index in [9.17, 15) is 0 Å². The molecule has 1 atom stereocenters. The average Bonchev–Trinajstić information content (AvgIpc) is 2.95. The van der Waals surface area contributed by atoms with Crippen LogP contribution in [0.3, 0.4) is 0 Å². The van der Waals surface area contributed by atoms with Crippen LogP contribution < -0.4 is 5.32 Å². The van der Waals surface area contributed by atoms with E-state index in [1.54, 1.807) is 11.8 Å². The standard InChI is InChI=1S/C13H14ClN3O2S/c14-9-2-1-3-10(6-9)20-8-12-16-13(19-17-12)11-7-15-4-5-18-11/h1-3,6,11,15H,4-5,7-8H2. The zero-order valence-corrected chi connectivity index (χ0v) is 12.3. The van der Waals surface area contributed by atoms with Crippen molar-refractivity contribution in [2.75, 3.05) is 19.7 Å². The van der Waals surface area contributed by atoms with Crippen LogP contribution in [0.1, 0.15) is 17.8 Å². The van der Waals surface area contributed by atoms with Gasteiger partial charge in [0.2, 0.25) is 0 Å². The zero-order valence-electron chi connectivity index (χ0n) is 10.7. The molecule has 106 valence electrons. The summed E-state index contributed by atoms with van der Waals surface area (Å²) in [5.41, 5.74) is 0. The van der Waals surface area contributed by atoms with E-state index < -0.39 is 0 Å². The van der Waals surface area contributed by atoms with Gasteiger partial charge in [-0.1, -0.05) is 22.8 Å². The molecule has 7 heteroatoms. The molecular weight excluding hydrogens is 298 g/mol. The lowest BCUT2D eigenvalue weighted by molar-refractivity contribution is 0.00755. The van der Waals surface area contributed by atoms with Gasteiger partial charge in [0.15, 0.2) is 5.82 Å². The Labute approximate surface area is 126 Å². The smallest absolute Gasteiger partial charge is 0.257 e. The number of ether oxygens (including phenoxy) is 1. The van der Waals surface area contributed by atoms with E-state index in [4.69, 9.17) is 20.9 Å². The van der Waals surface area contributed by atoms with E-state index in [-0.39, 0.29) is 6.10 Å². The second kappa shape index (κ2) is 6.58. The Kier molecular flexibility index (Phi) is 4.57. The van der Waals surface area contributed by atoms with Crippen molar-refractivity contribution in [1.82, 2.24) is 15.5 Å². The Morgan fingerprint density at radius 2 is 2.40 bits per heavy atom. The SMILES string of the molecule is Clc1cccc(SCc2noc(C3CNCCO3)n2)c1. The van der Waals surface area contributed by atoms with Crippen LogP contribution in [0.4, 0.5) is 0 Å². The molecule has 3 rings (SSSR count). The number of halogens is 1. The van der Waals surface area contributed by atoms with Gasteiger partial charge in [-0.05, 0) is 18.2 Å². The molecule has 1 fully saturated rings. The first-order valence-corrected chi connectivity index (χ1v) is 7.71. The summed E-state index contributed by atoms with van der Waals surface area (Å²) in [6.07, 6.45) is -0.138. The summed E-state index contributed by atoms with van der Waals surface area (Å²) in [5, 5.41) is 7.94. The van der Waals surface area contributed by atoms with E-state index in [1.165, 1.54) is 0 Å². The van der Waals surface area contributed by atoms with Gasteiger partial charge >= 0.3 is 0 Å². The molecule has 5 nitrogen and oxygen atoms in total. The summed E-state index contributed by atoms with van der Waals surface area (Å²) >= 11 is 7.57. The quantitative estimate of drug-likeness (QED) is 0.876. The maximum atomic E-state index is 5.95. The molecular formula is C13H14ClN3O2S. The van der Waals surface area contributed by atoms with Crippen molar-refractivity contribution in [3.8, 4) is 0 Å². The van der Waals surface area contributed by atoms with E-state index in [0.717, 1.165) is 16.5 Å². The normalized spacial score (nSPS) is 19.1. The highest BCUT2D eigenvalue weighted by Crippen LogP contribution is 2.25. The van der Waals surface area contributed by atoms with Crippen molar-refractivity contribution in [3.63, 3.8) is 0 Å². The summed E-state index contributed by atoms with van der Waals surface area (Å²) in [7, 11) is 0. The maximum Gasteiger partial charge on any atom is 0.257 e. The Bertz CT molecular complexity index is 572. The number of hydrogen-bond acceptors (Lipinski definition) is 6. The summed E-state index contributed by atoms with van der Waals surface area (Å²) < 4.78 is 10.8. The number of thioether (sulfide) groups is 1. The Hall–Kier alpha value is -1.08. The highest BCUT2D eigenvalue weighted by molar-refractivity contribution is 7.98. The number of hydrogen-bond donors (Lipinski definition) is 1. The number of aromatic nitrogens is 2. The number of morpholine rings is 1. The lowest BCUT2D eigenvalue weighted by Crippen LogP contribution is -2.33. The van der Waals surface area contributed by atoms with Crippen molar-refractivity contribution >= 4 is 23.4 Å². The molecule has 2 aromatic rings. The molecule has 1 N–H and O–H groups in total. The van der Waals surface area contributed by atoms with E-state index >= 15 is 0 Å². The summed E-state index contributed by atoms with van der Waals surface area (Å²) in [4.78, 5) is 5.46. The van der Waals surface area contributed by atoms with Gasteiger partial charge in [-0.2, -0.15) is 4.98 Å². The van der Waals surface area contributed by atoms with Crippen LogP contribution in [-0.4, -0.2) is 29.8 Å². The monoisotopic (exact) mass is 311 g/mol. The topological polar surface area (TPSA) is 60.2 Å². The predicted octanol–water partition coefficient (Wildman–Crippen LogP) is 2.68. The first-order chi connectivity index (χ1) is 9.81. The summed E-state index contributed by atoms with van der Waals surface area (Å²) in [6, 6.07) is 7.70. The minimum atomic E-state index is -0.138. The van der Waals surface area contributed by atoms with Crippen LogP contribution in [0.5, 0.6) is 0 Å². The van der Waals surface area contributed by atoms with E-state index in [2.05, 4.69) is 15.5 Å². The van der Waals surface area contributed by atoms with Crippen LogP contribution in [0.2, 0.25) is 5.02 Å². The molecule has 0 amide bonds. The van der Waals surface area contributed by atoms with E-state index in [0.29, 0.717) is 30.6 Å². The number of nitrogens with one attached hydrogen (secondary N) is 1. The highest BCUT2D eigenvalue weighted by atomic mass is 35.5. The van der Waals surface area contributed by atoms with Crippen molar-refractivity contribution < 1.29 is 9.26 Å². The Balaban J connectivity index is 1.59. The lowest BCUT2D eigenvalue weighted by atomic mass is 10.3. The molecule has 1 aromatic carbocycles. The first-order valence-electron chi connectivity index (χ1n) is 6.34. The van der Waals surface area contributed by atoms with Gasteiger partial charge in [-0.3, -0.25) is 0 Å². The molecule has 0 radical (unpaired) electrons. The molecule has 1 aliphatic heterocycles. The highest BCUT2D eigenvalue weighted by Gasteiger charge is 2.22. The Morgan fingerprint density at radius 1 is 1.45 bits per heavy atom. The number of nitrogens with zero attached hydrogens (tertiary/aromatic N) is 2. The summed E-state index contributed by atoms with van der Waals surface area (Å²) in [6.45, 7) is 2.24. The van der Waals surface area contributed by atoms with Gasteiger partial charge in [0.25, 0.3) is 5.89 Å². The van der Waals surface area contributed by atoms with Crippen molar-refractivity contribution in [3.05, 3.63) is 41.0 Å². The van der Waals surface area contributed by atoms with Gasteiger partial charge in [0.05, 0.1) is 12.4 Å². The third-order valence-electron chi connectivity index (χ3n) is 2.85. The van der Waals surface area contributed by atoms with Gasteiger partial charge in [-0.25, -0.2) is 0 Å². The molecule has 1 aliphatic rings. The lowest BCUT2D eigenvalue weighted by Gasteiger charge is -2.19. The second-order valence-electron chi connectivity index (χ2n) is 4.36. The fourth-order valence-electron chi connectivity index (χ4n) is 1.89. The van der Waals surface area contributed by atoms with Gasteiger partial charge < -0.3 is 14.6 Å². The molecule has 0 saturated carbocycles. The largest absolute Gasteiger partial charge is 0.366 e. The molecule has 2 heterocycles. The third kappa shape index (κ3) is 3.52. The molecule has 0 spiro atoms. The third-order valence-corrected chi connectivity index (χ3v) is 4.08. The number of rotatable bonds is 4. The number of benzene rings is 1. The Morgan fingerprint density at radius 3 is 3.20 bits per heavy atom. The average molecular weight is 312 g/mol. The zero-order chi connectivity index (χ0) is 13.8. The molecule has 1 unspecified atom stereocenters. The van der Waals surface area contributed by atoms with E-state index in [1.807, 2.05) is 24.3 Å². The molecule has 0 bridgehead atoms. The fourth-order valence-corrected chi connectivity index (χ4v) is 2.94. The van der Waals surface area contributed by atoms with Gasteiger partial charge in [-0.15, -0.1) is 11.8 Å². The minimum Gasteiger partial charge on any atom is -0.366 e.